The van der Waals surface area contributed by atoms with E-state index in [2.05, 4.69) is 15.6 Å². The predicted octanol–water partition coefficient (Wildman–Crippen LogP) is 2.91. The molecule has 1 aromatic rings. The second kappa shape index (κ2) is 13.3. The molecule has 0 aliphatic heterocycles. The van der Waals surface area contributed by atoms with Gasteiger partial charge in [0.05, 0.1) is 17.9 Å². The van der Waals surface area contributed by atoms with E-state index in [4.69, 9.17) is 9.47 Å². The molecule has 0 unspecified atom stereocenters. The van der Waals surface area contributed by atoms with E-state index in [-0.39, 0.29) is 30.5 Å². The Morgan fingerprint density at radius 1 is 1.21 bits per heavy atom. The quantitative estimate of drug-likeness (QED) is 0.194. The van der Waals surface area contributed by atoms with E-state index in [0.29, 0.717) is 32.3 Å². The van der Waals surface area contributed by atoms with E-state index < -0.39 is 14.6 Å². The van der Waals surface area contributed by atoms with E-state index in [1.165, 1.54) is 6.26 Å². The smallest absolute Gasteiger partial charge is 0.191 e. The molecule has 0 radical (unpaired) electrons. The average Bonchev–Trinajstić information content (AvgIpc) is 2.61. The normalized spacial score (nSPS) is 12.3. The number of methoxy groups -OCH3 is 1. The molecule has 9 heteroatoms. The number of sulfone groups is 1. The number of hydrogen-bond acceptors (Lipinski definition) is 5. The first-order valence-corrected chi connectivity index (χ1v) is 11.4. The fraction of sp³-hybridized carbons (Fsp3) is 0.650. The van der Waals surface area contributed by atoms with Crippen LogP contribution in [0.5, 0.6) is 5.75 Å². The Morgan fingerprint density at radius 3 is 2.48 bits per heavy atom. The zero-order chi connectivity index (χ0) is 21.2. The molecule has 1 rings (SSSR count). The van der Waals surface area contributed by atoms with Gasteiger partial charge in [0.1, 0.15) is 5.75 Å². The van der Waals surface area contributed by atoms with Gasteiger partial charge in [0.25, 0.3) is 0 Å². The van der Waals surface area contributed by atoms with Gasteiger partial charge in [-0.15, -0.1) is 24.0 Å². The molecule has 0 atom stereocenters. The van der Waals surface area contributed by atoms with Crippen LogP contribution in [-0.2, 0) is 21.1 Å². The summed E-state index contributed by atoms with van der Waals surface area (Å²) >= 11 is 0. The minimum atomic E-state index is -3.18. The third kappa shape index (κ3) is 9.99. The van der Waals surface area contributed by atoms with Crippen molar-refractivity contribution in [3.63, 3.8) is 0 Å². The standard InChI is InChI=1S/C20H35N3O4S.HI/c1-7-21-19(23-15-20(3,4)28(6,24)25)22-14-17-10-9-16(2)13-18(17)27-12-8-11-26-5;/h9-10,13H,7-8,11-12,14-15H2,1-6H3,(H2,21,22,23);1H. The van der Waals surface area contributed by atoms with Crippen LogP contribution in [0.2, 0.25) is 0 Å². The number of ether oxygens (including phenoxy) is 2. The summed E-state index contributed by atoms with van der Waals surface area (Å²) in [5.41, 5.74) is 2.09. The van der Waals surface area contributed by atoms with Gasteiger partial charge in [-0.3, -0.25) is 0 Å². The molecule has 0 spiro atoms. The van der Waals surface area contributed by atoms with Crippen molar-refractivity contribution in [3.05, 3.63) is 29.3 Å². The van der Waals surface area contributed by atoms with Crippen molar-refractivity contribution in [1.82, 2.24) is 10.6 Å². The third-order valence-corrected chi connectivity index (χ3v) is 6.56. The molecular formula is C20H36IN3O4S. The molecule has 0 saturated heterocycles. The zero-order valence-corrected chi connectivity index (χ0v) is 21.5. The van der Waals surface area contributed by atoms with Gasteiger partial charge in [-0.1, -0.05) is 12.1 Å². The number of halogens is 1. The highest BCUT2D eigenvalue weighted by molar-refractivity contribution is 14.0. The maximum absolute atomic E-state index is 11.9. The number of nitrogens with one attached hydrogen (secondary N) is 2. The summed E-state index contributed by atoms with van der Waals surface area (Å²) in [6.07, 6.45) is 2.07. The number of guanidine groups is 1. The molecule has 0 aliphatic carbocycles. The Hall–Kier alpha value is -1.07. The van der Waals surface area contributed by atoms with E-state index in [0.717, 1.165) is 23.3 Å². The van der Waals surface area contributed by atoms with E-state index >= 15 is 0 Å². The third-order valence-electron chi connectivity index (χ3n) is 4.41. The average molecular weight is 541 g/mol. The maximum Gasteiger partial charge on any atom is 0.191 e. The van der Waals surface area contributed by atoms with Crippen LogP contribution in [0.3, 0.4) is 0 Å². The van der Waals surface area contributed by atoms with Gasteiger partial charge in [0, 0.05) is 45.0 Å². The molecule has 29 heavy (non-hydrogen) atoms. The Labute approximate surface area is 193 Å². The number of hydrogen-bond donors (Lipinski definition) is 2. The van der Waals surface area contributed by atoms with Gasteiger partial charge < -0.3 is 20.1 Å². The van der Waals surface area contributed by atoms with Gasteiger partial charge in [-0.25, -0.2) is 13.4 Å². The molecule has 0 aliphatic rings. The highest BCUT2D eigenvalue weighted by Gasteiger charge is 2.30. The van der Waals surface area contributed by atoms with Crippen LogP contribution in [-0.4, -0.2) is 58.8 Å². The molecule has 0 aromatic heterocycles. The van der Waals surface area contributed by atoms with Crippen molar-refractivity contribution in [2.75, 3.05) is 39.7 Å². The SMILES string of the molecule is CCNC(=NCc1ccc(C)cc1OCCCOC)NCC(C)(C)S(C)(=O)=O.I. The molecule has 0 bridgehead atoms. The van der Waals surface area contributed by atoms with E-state index in [9.17, 15) is 8.42 Å². The van der Waals surface area contributed by atoms with Crippen molar-refractivity contribution < 1.29 is 17.9 Å². The van der Waals surface area contributed by atoms with Gasteiger partial charge >= 0.3 is 0 Å². The van der Waals surface area contributed by atoms with Crippen LogP contribution in [0.1, 0.15) is 38.3 Å². The van der Waals surface area contributed by atoms with E-state index in [1.807, 2.05) is 32.0 Å². The number of rotatable bonds is 11. The summed E-state index contributed by atoms with van der Waals surface area (Å²) in [6, 6.07) is 6.04. The molecule has 0 amide bonds. The lowest BCUT2D eigenvalue weighted by atomic mass is 10.1. The van der Waals surface area contributed by atoms with Gasteiger partial charge in [0.15, 0.2) is 15.8 Å². The van der Waals surface area contributed by atoms with Crippen molar-refractivity contribution in [2.45, 2.75) is 45.4 Å². The van der Waals surface area contributed by atoms with Crippen molar-refractivity contribution in [1.29, 1.82) is 0 Å². The van der Waals surface area contributed by atoms with Crippen LogP contribution >= 0.6 is 24.0 Å². The van der Waals surface area contributed by atoms with Crippen LogP contribution in [0, 0.1) is 6.92 Å². The number of nitrogens with zero attached hydrogens (tertiary/aromatic N) is 1. The van der Waals surface area contributed by atoms with Gasteiger partial charge in [0.2, 0.25) is 0 Å². The Kier molecular flexibility index (Phi) is 12.8. The summed E-state index contributed by atoms with van der Waals surface area (Å²) in [4.78, 5) is 4.60. The largest absolute Gasteiger partial charge is 0.493 e. The first-order chi connectivity index (χ1) is 13.1. The molecule has 7 nitrogen and oxygen atoms in total. The minimum absolute atomic E-state index is 0. The topological polar surface area (TPSA) is 89.0 Å². The fourth-order valence-corrected chi connectivity index (χ4v) is 2.58. The summed E-state index contributed by atoms with van der Waals surface area (Å²) in [7, 11) is -1.51. The summed E-state index contributed by atoms with van der Waals surface area (Å²) in [5.74, 6) is 1.39. The highest BCUT2D eigenvalue weighted by atomic mass is 127. The number of aryl methyl sites for hydroxylation is 1. The fourth-order valence-electron chi connectivity index (χ4n) is 2.25. The molecule has 168 valence electrons. The summed E-state index contributed by atoms with van der Waals surface area (Å²) in [6.45, 7) is 10.00. The molecule has 0 fully saturated rings. The second-order valence-corrected chi connectivity index (χ2v) is 10.0. The minimum Gasteiger partial charge on any atom is -0.493 e. The lowest BCUT2D eigenvalue weighted by molar-refractivity contribution is 0.172. The first kappa shape index (κ1) is 27.9. The lowest BCUT2D eigenvalue weighted by Gasteiger charge is -2.24. The van der Waals surface area contributed by atoms with Crippen LogP contribution < -0.4 is 15.4 Å². The van der Waals surface area contributed by atoms with Gasteiger partial charge in [-0.05, 0) is 39.3 Å². The number of benzene rings is 1. The molecule has 0 saturated carbocycles. The zero-order valence-electron chi connectivity index (χ0n) is 18.4. The molecule has 1 aromatic carbocycles. The molecule has 2 N–H and O–H groups in total. The van der Waals surface area contributed by atoms with E-state index in [1.54, 1.807) is 21.0 Å². The van der Waals surface area contributed by atoms with Crippen LogP contribution in [0.4, 0.5) is 0 Å². The molecular weight excluding hydrogens is 505 g/mol. The first-order valence-electron chi connectivity index (χ1n) is 9.53. The molecule has 0 heterocycles. The summed E-state index contributed by atoms with van der Waals surface area (Å²) < 4.78 is 33.9. The van der Waals surface area contributed by atoms with Crippen molar-refractivity contribution in [2.24, 2.45) is 4.99 Å². The predicted molar refractivity (Wildman–Crippen MR) is 130 cm³/mol. The summed E-state index contributed by atoms with van der Waals surface area (Å²) in [5, 5.41) is 6.29. The van der Waals surface area contributed by atoms with Crippen LogP contribution in [0.15, 0.2) is 23.2 Å². The highest BCUT2D eigenvalue weighted by Crippen LogP contribution is 2.21. The Bertz CT molecular complexity index is 752. The van der Waals surface area contributed by atoms with Crippen LogP contribution in [0.25, 0.3) is 0 Å². The van der Waals surface area contributed by atoms with Gasteiger partial charge in [-0.2, -0.15) is 0 Å². The monoisotopic (exact) mass is 541 g/mol. The Balaban J connectivity index is 0.00000784. The Morgan fingerprint density at radius 2 is 1.90 bits per heavy atom. The number of aliphatic imine (C=N–C) groups is 1. The lowest BCUT2D eigenvalue weighted by Crippen LogP contribution is -2.47. The van der Waals surface area contributed by atoms with Crippen molar-refractivity contribution in [3.8, 4) is 5.75 Å². The maximum atomic E-state index is 11.9. The second-order valence-electron chi connectivity index (χ2n) is 7.39. The van der Waals surface area contributed by atoms with Crippen molar-refractivity contribution >= 4 is 39.8 Å².